The van der Waals surface area contributed by atoms with Crippen molar-refractivity contribution in [3.8, 4) is 11.1 Å². The fourth-order valence-electron chi connectivity index (χ4n) is 3.63. The van der Waals surface area contributed by atoms with Gasteiger partial charge in [-0.2, -0.15) is 10.2 Å². The van der Waals surface area contributed by atoms with Crippen LogP contribution in [-0.4, -0.2) is 12.4 Å². The molecule has 0 amide bonds. The molecule has 0 aliphatic rings. The highest BCUT2D eigenvalue weighted by Gasteiger charge is 2.06. The monoisotopic (exact) mass is 414 g/mol. The second-order valence-electron chi connectivity index (χ2n) is 7.79. The molecule has 0 radical (unpaired) electrons. The first-order valence-corrected chi connectivity index (χ1v) is 11.2. The summed E-state index contributed by atoms with van der Waals surface area (Å²) in [6.45, 7) is 4.34. The number of rotatable bonds is 10. The van der Waals surface area contributed by atoms with E-state index < -0.39 is 0 Å². The normalized spacial score (nSPS) is 11.6. The van der Waals surface area contributed by atoms with Crippen LogP contribution in [0.3, 0.4) is 0 Å². The summed E-state index contributed by atoms with van der Waals surface area (Å²) < 4.78 is 14.7. The zero-order valence-corrected chi connectivity index (χ0v) is 18.5. The minimum absolute atomic E-state index is 0.250. The number of nitrogens with zero attached hydrogens (tertiary/aromatic N) is 2. The van der Waals surface area contributed by atoms with Gasteiger partial charge < -0.3 is 0 Å². The molecule has 2 nitrogen and oxygen atoms in total. The fraction of sp³-hybridized carbons (Fsp3) is 0.286. The van der Waals surface area contributed by atoms with Gasteiger partial charge in [-0.05, 0) is 53.1 Å². The lowest BCUT2D eigenvalue weighted by molar-refractivity contribution is 0.631. The second kappa shape index (κ2) is 11.9. The lowest BCUT2D eigenvalue weighted by Crippen LogP contribution is -1.91. The van der Waals surface area contributed by atoms with Crippen molar-refractivity contribution in [2.24, 2.45) is 10.2 Å². The molecule has 3 aromatic rings. The molecule has 31 heavy (non-hydrogen) atoms. The van der Waals surface area contributed by atoms with Crippen LogP contribution in [0.25, 0.3) is 11.1 Å². The zero-order chi connectivity index (χ0) is 21.9. The van der Waals surface area contributed by atoms with Gasteiger partial charge >= 0.3 is 0 Å². The van der Waals surface area contributed by atoms with Crippen molar-refractivity contribution in [1.82, 2.24) is 0 Å². The maximum absolute atomic E-state index is 14.7. The molecule has 0 aliphatic heterocycles. The quantitative estimate of drug-likeness (QED) is 0.185. The Morgan fingerprint density at radius 1 is 0.806 bits per heavy atom. The Hall–Kier alpha value is -3.07. The molecular weight excluding hydrogens is 383 g/mol. The molecule has 0 unspecified atom stereocenters. The van der Waals surface area contributed by atoms with Gasteiger partial charge in [-0.1, -0.05) is 93.8 Å². The van der Waals surface area contributed by atoms with Crippen molar-refractivity contribution in [2.45, 2.75) is 52.4 Å². The Labute approximate surface area is 185 Å². The lowest BCUT2D eigenvalue weighted by atomic mass is 10.00. The summed E-state index contributed by atoms with van der Waals surface area (Å²) in [4.78, 5) is 0. The summed E-state index contributed by atoms with van der Waals surface area (Å²) >= 11 is 0. The Morgan fingerprint density at radius 3 is 2.32 bits per heavy atom. The summed E-state index contributed by atoms with van der Waals surface area (Å²) in [6, 6.07) is 21.5. The summed E-state index contributed by atoms with van der Waals surface area (Å²) in [6.07, 6.45) is 10.4. The first-order chi connectivity index (χ1) is 15.2. The molecule has 0 bridgehead atoms. The van der Waals surface area contributed by atoms with Gasteiger partial charge in [0, 0.05) is 5.56 Å². The van der Waals surface area contributed by atoms with Gasteiger partial charge in [0.05, 0.1) is 12.4 Å². The minimum atomic E-state index is -0.250. The molecule has 0 fully saturated rings. The topological polar surface area (TPSA) is 24.7 Å². The fourth-order valence-corrected chi connectivity index (χ4v) is 3.63. The van der Waals surface area contributed by atoms with Gasteiger partial charge in [-0.15, -0.1) is 0 Å². The minimum Gasteiger partial charge on any atom is -0.206 e. The van der Waals surface area contributed by atoms with Crippen LogP contribution in [0, 0.1) is 5.82 Å². The molecule has 0 aromatic heterocycles. The van der Waals surface area contributed by atoms with Gasteiger partial charge in [0.15, 0.2) is 0 Å². The smallest absolute Gasteiger partial charge is 0.131 e. The van der Waals surface area contributed by atoms with Crippen molar-refractivity contribution < 1.29 is 4.39 Å². The highest BCUT2D eigenvalue weighted by molar-refractivity contribution is 5.84. The highest BCUT2D eigenvalue weighted by Crippen LogP contribution is 2.24. The molecule has 3 rings (SSSR count). The molecule has 3 aromatic carbocycles. The molecule has 3 heteroatoms. The van der Waals surface area contributed by atoms with Gasteiger partial charge in [0.25, 0.3) is 0 Å². The largest absolute Gasteiger partial charge is 0.206 e. The average Bonchev–Trinajstić information content (AvgIpc) is 2.80. The Morgan fingerprint density at radius 2 is 1.58 bits per heavy atom. The van der Waals surface area contributed by atoms with Crippen molar-refractivity contribution >= 4 is 12.4 Å². The Bertz CT molecular complexity index is 1020. The number of hydrogen-bond donors (Lipinski definition) is 0. The van der Waals surface area contributed by atoms with Crippen molar-refractivity contribution in [3.05, 3.63) is 94.8 Å². The van der Waals surface area contributed by atoms with E-state index in [9.17, 15) is 4.39 Å². The molecule has 0 N–H and O–H groups in total. The van der Waals surface area contributed by atoms with Crippen LogP contribution in [0.4, 0.5) is 4.39 Å². The summed E-state index contributed by atoms with van der Waals surface area (Å²) in [7, 11) is 0. The zero-order valence-electron chi connectivity index (χ0n) is 18.5. The van der Waals surface area contributed by atoms with Crippen LogP contribution < -0.4 is 0 Å². The summed E-state index contributed by atoms with van der Waals surface area (Å²) in [5.74, 6) is -0.250. The first-order valence-electron chi connectivity index (χ1n) is 11.2. The molecule has 0 spiro atoms. The molecule has 0 saturated heterocycles. The molecule has 0 saturated carbocycles. The standard InChI is InChI=1S/C28H31FN2/c1-3-5-6-7-10-22-13-16-25(17-14-22)27-18-15-23(19-28(27)29)20-30-31-21-26-12-9-8-11-24(26)4-2/h8-9,11-21H,3-7,10H2,1-2H3. The first kappa shape index (κ1) is 22.6. The third kappa shape index (κ3) is 6.71. The van der Waals surface area contributed by atoms with Crippen LogP contribution in [0.1, 0.15) is 61.8 Å². The highest BCUT2D eigenvalue weighted by atomic mass is 19.1. The van der Waals surface area contributed by atoms with Crippen molar-refractivity contribution in [1.29, 1.82) is 0 Å². The maximum Gasteiger partial charge on any atom is 0.131 e. The average molecular weight is 415 g/mol. The SMILES string of the molecule is CCCCCCc1ccc(-c2ccc(C=NN=Cc3ccccc3CC)cc2F)cc1. The summed E-state index contributed by atoms with van der Waals surface area (Å²) in [5.41, 5.74) is 5.78. The van der Waals surface area contributed by atoms with Crippen LogP contribution in [0.5, 0.6) is 0 Å². The van der Waals surface area contributed by atoms with E-state index in [1.165, 1.54) is 42.9 Å². The van der Waals surface area contributed by atoms with Gasteiger partial charge in [-0.25, -0.2) is 4.39 Å². The van der Waals surface area contributed by atoms with E-state index in [1.54, 1.807) is 12.4 Å². The number of benzene rings is 3. The molecule has 0 heterocycles. The van der Waals surface area contributed by atoms with Crippen LogP contribution in [0.2, 0.25) is 0 Å². The van der Waals surface area contributed by atoms with Crippen molar-refractivity contribution in [3.63, 3.8) is 0 Å². The van der Waals surface area contributed by atoms with Gasteiger partial charge in [-0.3, -0.25) is 0 Å². The van der Waals surface area contributed by atoms with E-state index in [-0.39, 0.29) is 5.82 Å². The van der Waals surface area contributed by atoms with E-state index in [4.69, 9.17) is 0 Å². The number of unbranched alkanes of at least 4 members (excludes halogenated alkanes) is 3. The van der Waals surface area contributed by atoms with E-state index >= 15 is 0 Å². The molecule has 0 atom stereocenters. The van der Waals surface area contributed by atoms with Gasteiger partial charge in [0.1, 0.15) is 5.82 Å². The Kier molecular flexibility index (Phi) is 8.71. The van der Waals surface area contributed by atoms with Crippen LogP contribution in [0.15, 0.2) is 76.9 Å². The van der Waals surface area contributed by atoms with E-state index in [2.05, 4.69) is 42.2 Å². The Balaban J connectivity index is 1.63. The van der Waals surface area contributed by atoms with Gasteiger partial charge in [0.2, 0.25) is 0 Å². The van der Waals surface area contributed by atoms with Crippen LogP contribution in [-0.2, 0) is 12.8 Å². The van der Waals surface area contributed by atoms with E-state index in [0.29, 0.717) is 11.1 Å². The lowest BCUT2D eigenvalue weighted by Gasteiger charge is -2.07. The van der Waals surface area contributed by atoms with Crippen molar-refractivity contribution in [2.75, 3.05) is 0 Å². The number of aryl methyl sites for hydroxylation is 2. The third-order valence-corrected chi connectivity index (χ3v) is 5.48. The predicted molar refractivity (Wildman–Crippen MR) is 131 cm³/mol. The predicted octanol–water partition coefficient (Wildman–Crippen LogP) is 7.63. The summed E-state index contributed by atoms with van der Waals surface area (Å²) in [5, 5.41) is 8.21. The second-order valence-corrected chi connectivity index (χ2v) is 7.79. The van der Waals surface area contributed by atoms with Crippen LogP contribution >= 0.6 is 0 Å². The van der Waals surface area contributed by atoms with E-state index in [1.807, 2.05) is 42.5 Å². The molecular formula is C28H31FN2. The number of halogens is 1. The molecule has 0 aliphatic carbocycles. The molecule has 160 valence electrons. The third-order valence-electron chi connectivity index (χ3n) is 5.48. The van der Waals surface area contributed by atoms with E-state index in [0.717, 1.165) is 24.0 Å². The number of hydrogen-bond acceptors (Lipinski definition) is 2. The maximum atomic E-state index is 14.7.